The van der Waals surface area contributed by atoms with Gasteiger partial charge < -0.3 is 19.7 Å². The number of phenols is 2. The van der Waals surface area contributed by atoms with Crippen molar-refractivity contribution in [3.05, 3.63) is 143 Å². The van der Waals surface area contributed by atoms with E-state index >= 15 is 0 Å². The number of hydrogen-bond acceptors (Lipinski definition) is 4. The topological polar surface area (TPSA) is 58.9 Å². The smallest absolute Gasteiger partial charge is 0.124 e. The van der Waals surface area contributed by atoms with Gasteiger partial charge in [0.1, 0.15) is 36.2 Å². The van der Waals surface area contributed by atoms with Crippen LogP contribution in [0.5, 0.6) is 23.0 Å². The summed E-state index contributed by atoms with van der Waals surface area (Å²) in [6, 6.07) is 28.0. The van der Waals surface area contributed by atoms with Gasteiger partial charge in [-0.15, -0.1) is 0 Å². The van der Waals surface area contributed by atoms with Gasteiger partial charge in [-0.2, -0.15) is 0 Å². The predicted octanol–water partition coefficient (Wildman–Crippen LogP) is 8.22. The Morgan fingerprint density at radius 2 is 0.850 bits per heavy atom. The lowest BCUT2D eigenvalue weighted by molar-refractivity contribution is 0.293. The molecule has 8 rings (SSSR count). The summed E-state index contributed by atoms with van der Waals surface area (Å²) in [6.07, 6.45) is 11.0. The molecule has 2 N–H and O–H groups in total. The van der Waals surface area contributed by atoms with Crippen molar-refractivity contribution < 1.29 is 19.7 Å². The lowest BCUT2D eigenvalue weighted by atomic mass is 9.95. The molecule has 0 radical (unpaired) electrons. The van der Waals surface area contributed by atoms with Crippen LogP contribution in [0.1, 0.15) is 69.9 Å². The van der Waals surface area contributed by atoms with Crippen molar-refractivity contribution in [3.8, 4) is 23.0 Å². The Kier molecular flexibility index (Phi) is 6.31. The molecule has 4 aliphatic rings. The maximum Gasteiger partial charge on any atom is 0.124 e. The first kappa shape index (κ1) is 24.6. The highest BCUT2D eigenvalue weighted by atomic mass is 16.5. The van der Waals surface area contributed by atoms with Crippen molar-refractivity contribution >= 4 is 0 Å². The van der Waals surface area contributed by atoms with E-state index in [0.717, 1.165) is 35.5 Å². The van der Waals surface area contributed by atoms with E-state index in [1.54, 1.807) is 12.1 Å². The molecule has 200 valence electrons. The van der Waals surface area contributed by atoms with Gasteiger partial charge in [0, 0.05) is 45.9 Å². The second kappa shape index (κ2) is 10.3. The van der Waals surface area contributed by atoms with E-state index < -0.39 is 0 Å². The molecular weight excluding hydrogens is 496 g/mol. The molecule has 0 spiro atoms. The van der Waals surface area contributed by atoms with Crippen LogP contribution in [0.25, 0.3) is 0 Å². The third-order valence-corrected chi connectivity index (χ3v) is 8.57. The number of fused-ring (bicyclic) bond motifs is 10. The van der Waals surface area contributed by atoms with E-state index in [1.165, 1.54) is 22.3 Å². The summed E-state index contributed by atoms with van der Waals surface area (Å²) in [5.74, 6) is 4.20. The molecule has 4 unspecified atom stereocenters. The number of allylic oxidation sites excluding steroid dienone is 4. The van der Waals surface area contributed by atoms with Crippen LogP contribution < -0.4 is 9.47 Å². The first-order chi connectivity index (χ1) is 19.7. The fraction of sp³-hybridized carbons (Fsp3) is 0.222. The lowest BCUT2D eigenvalue weighted by Gasteiger charge is -2.20. The first-order valence-corrected chi connectivity index (χ1v) is 14.1. The Morgan fingerprint density at radius 3 is 1.25 bits per heavy atom. The minimum absolute atomic E-state index is 0.324. The Balaban J connectivity index is 0.000000169. The monoisotopic (exact) mass is 528 g/mol. The zero-order chi connectivity index (χ0) is 27.1. The van der Waals surface area contributed by atoms with Crippen LogP contribution >= 0.6 is 0 Å². The fourth-order valence-electron chi connectivity index (χ4n) is 6.73. The molecule has 0 heterocycles. The van der Waals surface area contributed by atoms with Gasteiger partial charge in [0.15, 0.2) is 0 Å². The quantitative estimate of drug-likeness (QED) is 0.196. The maximum atomic E-state index is 9.63. The first-order valence-electron chi connectivity index (χ1n) is 14.1. The van der Waals surface area contributed by atoms with Crippen LogP contribution in [0.3, 0.4) is 0 Å². The summed E-state index contributed by atoms with van der Waals surface area (Å²) in [5, 5.41) is 19.3. The number of aromatic hydroxyl groups is 2. The van der Waals surface area contributed by atoms with E-state index in [1.807, 2.05) is 36.4 Å². The average molecular weight is 529 g/mol. The standard InChI is InChI=1S/C25H22O2.C11H10O2/c1-3-7-18(8-4-1)16-26-22-13-14-23(27-17-19-9-5-2-6-10-19)25-21-12-11-20(15-21)24(22)25;12-8-3-4-9(13)11-7-2-1-6(5-7)10(8)11/h1-14,20-21H,15-17H2;1-4,6-7,12-13H,5H2. The predicted molar refractivity (Wildman–Crippen MR) is 156 cm³/mol. The zero-order valence-electron chi connectivity index (χ0n) is 22.2. The van der Waals surface area contributed by atoms with Crippen molar-refractivity contribution in [1.29, 1.82) is 0 Å². The van der Waals surface area contributed by atoms with Gasteiger partial charge >= 0.3 is 0 Å². The van der Waals surface area contributed by atoms with Crippen LogP contribution in [-0.4, -0.2) is 10.2 Å². The molecule has 4 aromatic rings. The van der Waals surface area contributed by atoms with Crippen LogP contribution in [0.2, 0.25) is 0 Å². The summed E-state index contributed by atoms with van der Waals surface area (Å²) in [7, 11) is 0. The molecule has 4 nitrogen and oxygen atoms in total. The SMILES string of the molecule is C1=CC2CC1c1c(OCc3ccccc3)ccc(OCc3ccccc3)c12.Oc1ccc(O)c2c1C1C=CC2C1. The average Bonchev–Trinajstić information content (AvgIpc) is 3.81. The van der Waals surface area contributed by atoms with Crippen molar-refractivity contribution in [1.82, 2.24) is 0 Å². The molecule has 4 heteroatoms. The Labute approximate surface area is 234 Å². The van der Waals surface area contributed by atoms with Gasteiger partial charge in [-0.3, -0.25) is 0 Å². The van der Waals surface area contributed by atoms with Gasteiger partial charge in [0.05, 0.1) is 0 Å². The summed E-state index contributed by atoms with van der Waals surface area (Å²) >= 11 is 0. The van der Waals surface area contributed by atoms with Gasteiger partial charge in [0.25, 0.3) is 0 Å². The minimum Gasteiger partial charge on any atom is -0.508 e. The van der Waals surface area contributed by atoms with Gasteiger partial charge in [0.2, 0.25) is 0 Å². The van der Waals surface area contributed by atoms with Crippen LogP contribution in [0, 0.1) is 0 Å². The molecule has 0 aliphatic heterocycles. The Bertz CT molecular complexity index is 1470. The van der Waals surface area contributed by atoms with E-state index in [-0.39, 0.29) is 0 Å². The summed E-state index contributed by atoms with van der Waals surface area (Å²) in [4.78, 5) is 0. The molecule has 4 bridgehead atoms. The van der Waals surface area contributed by atoms with Crippen molar-refractivity contribution in [2.45, 2.75) is 49.7 Å². The largest absolute Gasteiger partial charge is 0.508 e. The van der Waals surface area contributed by atoms with E-state index in [0.29, 0.717) is 48.4 Å². The van der Waals surface area contributed by atoms with Gasteiger partial charge in [-0.25, -0.2) is 0 Å². The molecule has 0 saturated carbocycles. The Morgan fingerprint density at radius 1 is 0.475 bits per heavy atom. The minimum atomic E-state index is 0.324. The maximum absolute atomic E-state index is 9.63. The van der Waals surface area contributed by atoms with E-state index in [9.17, 15) is 10.2 Å². The van der Waals surface area contributed by atoms with Crippen molar-refractivity contribution in [2.75, 3.05) is 0 Å². The highest BCUT2D eigenvalue weighted by molar-refractivity contribution is 5.61. The van der Waals surface area contributed by atoms with Crippen LogP contribution in [0.15, 0.2) is 109 Å². The second-order valence-electron chi connectivity index (χ2n) is 11.0. The summed E-state index contributed by atoms with van der Waals surface area (Å²) < 4.78 is 12.4. The summed E-state index contributed by atoms with van der Waals surface area (Å²) in [5.41, 5.74) is 6.90. The number of hydrogen-bond donors (Lipinski definition) is 2. The molecule has 0 saturated heterocycles. The number of rotatable bonds is 6. The summed E-state index contributed by atoms with van der Waals surface area (Å²) in [6.45, 7) is 1.19. The van der Waals surface area contributed by atoms with Crippen molar-refractivity contribution in [3.63, 3.8) is 0 Å². The molecule has 4 atom stereocenters. The molecule has 0 aromatic heterocycles. The Hall–Kier alpha value is -4.44. The molecular formula is C36H32O4. The molecule has 0 amide bonds. The molecule has 0 fully saturated rings. The highest BCUT2D eigenvalue weighted by Gasteiger charge is 2.38. The number of ether oxygens (including phenoxy) is 2. The van der Waals surface area contributed by atoms with Crippen molar-refractivity contribution in [2.24, 2.45) is 0 Å². The lowest BCUT2D eigenvalue weighted by Crippen LogP contribution is -2.05. The number of benzene rings is 4. The van der Waals surface area contributed by atoms with E-state index in [2.05, 4.69) is 60.7 Å². The molecule has 40 heavy (non-hydrogen) atoms. The highest BCUT2D eigenvalue weighted by Crippen LogP contribution is 2.56. The molecule has 4 aliphatic carbocycles. The van der Waals surface area contributed by atoms with Gasteiger partial charge in [-0.1, -0.05) is 85.0 Å². The van der Waals surface area contributed by atoms with E-state index in [4.69, 9.17) is 9.47 Å². The third kappa shape index (κ3) is 4.44. The van der Waals surface area contributed by atoms with Crippen LogP contribution in [0.4, 0.5) is 0 Å². The normalized spacial score (nSPS) is 22.0. The zero-order valence-corrected chi connectivity index (χ0v) is 22.2. The fourth-order valence-corrected chi connectivity index (χ4v) is 6.73. The second-order valence-corrected chi connectivity index (χ2v) is 11.0. The number of phenolic OH excluding ortho intramolecular Hbond substituents is 2. The van der Waals surface area contributed by atoms with Gasteiger partial charge in [-0.05, 0) is 48.2 Å². The third-order valence-electron chi connectivity index (χ3n) is 8.57. The molecule has 4 aromatic carbocycles. The van der Waals surface area contributed by atoms with Crippen LogP contribution in [-0.2, 0) is 13.2 Å².